The summed E-state index contributed by atoms with van der Waals surface area (Å²) in [7, 11) is 1.74. The molecule has 3 heteroatoms. The Hall–Kier alpha value is -0.120. The molecule has 12 heavy (non-hydrogen) atoms. The molecule has 0 aromatic heterocycles. The highest BCUT2D eigenvalue weighted by Gasteiger charge is 2.40. The number of ether oxygens (including phenoxy) is 1. The lowest BCUT2D eigenvalue weighted by Gasteiger charge is -2.55. The molecule has 1 aliphatic rings. The average Bonchev–Trinajstić information content (AvgIpc) is 1.99. The number of hydrogen-bond donors (Lipinski definition) is 0. The van der Waals surface area contributed by atoms with E-state index in [9.17, 15) is 5.21 Å². The van der Waals surface area contributed by atoms with Crippen LogP contribution in [0.1, 0.15) is 27.7 Å². The highest BCUT2D eigenvalue weighted by atomic mass is 16.6. The fourth-order valence-corrected chi connectivity index (χ4v) is 1.77. The zero-order valence-corrected chi connectivity index (χ0v) is 8.57. The second-order valence-electron chi connectivity index (χ2n) is 4.09. The van der Waals surface area contributed by atoms with Gasteiger partial charge in [-0.25, -0.2) is 0 Å². The predicted octanol–water partition coefficient (Wildman–Crippen LogP) is 1.52. The minimum atomic E-state index is -0.178. The Morgan fingerprint density at radius 2 is 1.33 bits per heavy atom. The maximum absolute atomic E-state index is 12.1. The first-order valence-electron chi connectivity index (χ1n) is 4.59. The van der Waals surface area contributed by atoms with Crippen LogP contribution in [0.4, 0.5) is 0 Å². The van der Waals surface area contributed by atoms with Crippen molar-refractivity contribution in [2.45, 2.75) is 52.0 Å². The van der Waals surface area contributed by atoms with E-state index in [2.05, 4.69) is 0 Å². The molecule has 0 amide bonds. The van der Waals surface area contributed by atoms with Gasteiger partial charge in [0.25, 0.3) is 0 Å². The summed E-state index contributed by atoms with van der Waals surface area (Å²) in [5.41, 5.74) is 0. The Bertz CT molecular complexity index is 154. The van der Waals surface area contributed by atoms with Crippen molar-refractivity contribution < 1.29 is 9.38 Å². The van der Waals surface area contributed by atoms with Crippen LogP contribution in [0.2, 0.25) is 0 Å². The minimum absolute atomic E-state index is 0.0381. The van der Waals surface area contributed by atoms with E-state index in [1.165, 1.54) is 0 Å². The van der Waals surface area contributed by atoms with Gasteiger partial charge in [-0.2, -0.15) is 0 Å². The summed E-state index contributed by atoms with van der Waals surface area (Å²) in [6.07, 6.45) is 0.136. The molecule has 0 N–H and O–H groups in total. The first kappa shape index (κ1) is 9.96. The quantitative estimate of drug-likeness (QED) is 0.411. The lowest BCUT2D eigenvalue weighted by molar-refractivity contribution is -0.924. The lowest BCUT2D eigenvalue weighted by atomic mass is 10.0. The van der Waals surface area contributed by atoms with Crippen LogP contribution in [0.25, 0.3) is 0 Å². The molecule has 72 valence electrons. The van der Waals surface area contributed by atoms with E-state index in [0.717, 1.165) is 0 Å². The standard InChI is InChI=1S/C9H19NO2/c1-6-8(3)12-9(4)7(2)10(6,5)11/h6-9H,1-5H3. The van der Waals surface area contributed by atoms with E-state index >= 15 is 0 Å². The number of likely N-dealkylation sites (N-methyl/N-ethyl adjacent to an activating group) is 1. The highest BCUT2D eigenvalue weighted by Crippen LogP contribution is 2.28. The molecule has 1 saturated heterocycles. The number of rotatable bonds is 0. The van der Waals surface area contributed by atoms with Crippen molar-refractivity contribution in [3.05, 3.63) is 5.21 Å². The first-order valence-corrected chi connectivity index (χ1v) is 4.59. The van der Waals surface area contributed by atoms with Gasteiger partial charge in [0, 0.05) is 0 Å². The molecule has 0 radical (unpaired) electrons. The maximum atomic E-state index is 12.1. The van der Waals surface area contributed by atoms with Crippen LogP contribution in [0, 0.1) is 5.21 Å². The molecule has 4 atom stereocenters. The second-order valence-corrected chi connectivity index (χ2v) is 4.09. The molecule has 0 aliphatic carbocycles. The molecule has 0 bridgehead atoms. The second kappa shape index (κ2) is 2.98. The zero-order valence-electron chi connectivity index (χ0n) is 8.57. The van der Waals surface area contributed by atoms with E-state index in [1.54, 1.807) is 7.05 Å². The van der Waals surface area contributed by atoms with Gasteiger partial charge in [-0.15, -0.1) is 0 Å². The van der Waals surface area contributed by atoms with Gasteiger partial charge in [-0.05, 0) is 27.7 Å². The van der Waals surface area contributed by atoms with E-state index in [4.69, 9.17) is 4.74 Å². The van der Waals surface area contributed by atoms with Crippen LogP contribution in [0.15, 0.2) is 0 Å². The molecular weight excluding hydrogens is 154 g/mol. The summed E-state index contributed by atoms with van der Waals surface area (Å²) in [5, 5.41) is 12.1. The summed E-state index contributed by atoms with van der Waals surface area (Å²) in [6, 6.07) is 0.0763. The first-order chi connectivity index (χ1) is 5.37. The Labute approximate surface area is 74.5 Å². The van der Waals surface area contributed by atoms with Crippen molar-refractivity contribution in [1.82, 2.24) is 0 Å². The zero-order chi connectivity index (χ0) is 9.52. The van der Waals surface area contributed by atoms with E-state index in [-0.39, 0.29) is 28.9 Å². The monoisotopic (exact) mass is 173 g/mol. The average molecular weight is 173 g/mol. The van der Waals surface area contributed by atoms with Crippen LogP contribution in [0.5, 0.6) is 0 Å². The Kier molecular flexibility index (Phi) is 2.47. The number of hydrogen-bond acceptors (Lipinski definition) is 2. The number of hydroxylamine groups is 3. The largest absolute Gasteiger partial charge is 0.632 e. The van der Waals surface area contributed by atoms with Crippen molar-refractivity contribution in [3.8, 4) is 0 Å². The number of nitrogens with zero attached hydrogens (tertiary/aromatic N) is 1. The Morgan fingerprint density at radius 3 is 1.67 bits per heavy atom. The molecule has 4 unspecified atom stereocenters. The van der Waals surface area contributed by atoms with Crippen LogP contribution in [-0.4, -0.2) is 36.0 Å². The third kappa shape index (κ3) is 1.37. The molecule has 0 spiro atoms. The Morgan fingerprint density at radius 1 is 1.00 bits per heavy atom. The van der Waals surface area contributed by atoms with Crippen LogP contribution < -0.4 is 0 Å². The molecule has 0 saturated carbocycles. The topological polar surface area (TPSA) is 32.3 Å². The van der Waals surface area contributed by atoms with Crippen molar-refractivity contribution in [3.63, 3.8) is 0 Å². The Balaban J connectivity index is 2.82. The van der Waals surface area contributed by atoms with Gasteiger partial charge in [-0.3, -0.25) is 0 Å². The van der Waals surface area contributed by atoms with Gasteiger partial charge in [0.15, 0.2) is 0 Å². The molecular formula is C9H19NO2. The van der Waals surface area contributed by atoms with Gasteiger partial charge in [0.1, 0.15) is 24.3 Å². The van der Waals surface area contributed by atoms with Gasteiger partial charge >= 0.3 is 0 Å². The lowest BCUT2D eigenvalue weighted by Crippen LogP contribution is -2.64. The van der Waals surface area contributed by atoms with E-state index in [1.807, 2.05) is 27.7 Å². The predicted molar refractivity (Wildman–Crippen MR) is 48.5 cm³/mol. The van der Waals surface area contributed by atoms with Gasteiger partial charge < -0.3 is 14.6 Å². The van der Waals surface area contributed by atoms with Crippen molar-refractivity contribution in [2.24, 2.45) is 0 Å². The van der Waals surface area contributed by atoms with Crippen molar-refractivity contribution in [2.75, 3.05) is 7.05 Å². The van der Waals surface area contributed by atoms with Crippen molar-refractivity contribution in [1.29, 1.82) is 0 Å². The van der Waals surface area contributed by atoms with E-state index in [0.29, 0.717) is 0 Å². The summed E-state index contributed by atoms with van der Waals surface area (Å²) < 4.78 is 5.45. The molecule has 1 heterocycles. The molecule has 0 aromatic rings. The molecule has 0 aromatic carbocycles. The van der Waals surface area contributed by atoms with Gasteiger partial charge in [0.05, 0.1) is 7.05 Å². The fourth-order valence-electron chi connectivity index (χ4n) is 1.77. The molecule has 1 fully saturated rings. The minimum Gasteiger partial charge on any atom is -0.632 e. The van der Waals surface area contributed by atoms with Crippen LogP contribution in [-0.2, 0) is 4.74 Å². The summed E-state index contributed by atoms with van der Waals surface area (Å²) >= 11 is 0. The molecule has 3 nitrogen and oxygen atoms in total. The summed E-state index contributed by atoms with van der Waals surface area (Å²) in [6.45, 7) is 7.86. The normalized spacial score (nSPS) is 55.5. The molecule has 1 rings (SSSR count). The fraction of sp³-hybridized carbons (Fsp3) is 1.00. The van der Waals surface area contributed by atoms with E-state index < -0.39 is 0 Å². The number of quaternary nitrogens is 1. The van der Waals surface area contributed by atoms with Gasteiger partial charge in [-0.1, -0.05) is 0 Å². The van der Waals surface area contributed by atoms with Gasteiger partial charge in [0.2, 0.25) is 0 Å². The van der Waals surface area contributed by atoms with Crippen LogP contribution in [0.3, 0.4) is 0 Å². The highest BCUT2D eigenvalue weighted by molar-refractivity contribution is 4.76. The van der Waals surface area contributed by atoms with Crippen molar-refractivity contribution >= 4 is 0 Å². The summed E-state index contributed by atoms with van der Waals surface area (Å²) in [4.78, 5) is 0. The third-order valence-electron chi connectivity index (χ3n) is 3.41. The number of morpholine rings is 1. The molecule has 1 aliphatic heterocycles. The van der Waals surface area contributed by atoms with Crippen LogP contribution >= 0.6 is 0 Å². The third-order valence-corrected chi connectivity index (χ3v) is 3.41. The SMILES string of the molecule is CC1OC(C)C(C)[N+](C)([O-])C1C. The summed E-state index contributed by atoms with van der Waals surface area (Å²) in [5.74, 6) is 0. The maximum Gasteiger partial charge on any atom is 0.112 e. The smallest absolute Gasteiger partial charge is 0.112 e.